The Morgan fingerprint density at radius 3 is 2.76 bits per heavy atom. The molecular weight excluding hydrogens is 249 g/mol. The number of nitrogens with one attached hydrogen (secondary N) is 2. The van der Waals surface area contributed by atoms with E-state index in [0.29, 0.717) is 6.54 Å². The van der Waals surface area contributed by atoms with Crippen LogP contribution in [0.2, 0.25) is 0 Å². The number of aromatic nitrogens is 2. The molecule has 96 valence electrons. The number of primary sulfonamides is 1. The minimum Gasteiger partial charge on any atom is -0.366 e. The highest BCUT2D eigenvalue weighted by Gasteiger charge is 2.07. The van der Waals surface area contributed by atoms with Gasteiger partial charge < -0.3 is 10.6 Å². The van der Waals surface area contributed by atoms with Crippen molar-refractivity contribution in [1.29, 1.82) is 0 Å². The lowest BCUT2D eigenvalue weighted by Crippen LogP contribution is -2.23. The number of nitrogens with zero attached hydrogens (tertiary/aromatic N) is 2. The van der Waals surface area contributed by atoms with Gasteiger partial charge in [0, 0.05) is 13.1 Å². The fourth-order valence-corrected chi connectivity index (χ4v) is 1.43. The number of nitrogens with two attached hydrogens (primary N) is 1. The van der Waals surface area contributed by atoms with Crippen molar-refractivity contribution in [2.45, 2.75) is 6.92 Å². The molecule has 0 aliphatic rings. The summed E-state index contributed by atoms with van der Waals surface area (Å²) in [4.78, 5) is 7.54. The SMILES string of the molecule is CCNc1ncc(F)c(NCCS(N)(=O)=O)n1. The average molecular weight is 263 g/mol. The predicted molar refractivity (Wildman–Crippen MR) is 62.6 cm³/mol. The molecule has 1 rings (SSSR count). The third kappa shape index (κ3) is 4.91. The molecule has 0 aromatic carbocycles. The van der Waals surface area contributed by atoms with Crippen LogP contribution in [0.1, 0.15) is 6.92 Å². The molecule has 1 heterocycles. The lowest BCUT2D eigenvalue weighted by atomic mass is 10.5. The molecule has 0 saturated heterocycles. The minimum absolute atomic E-state index is 0.0155. The first-order valence-electron chi connectivity index (χ1n) is 4.93. The molecule has 0 amide bonds. The third-order valence-electron chi connectivity index (χ3n) is 1.76. The minimum atomic E-state index is -3.57. The maximum Gasteiger partial charge on any atom is 0.224 e. The monoisotopic (exact) mass is 263 g/mol. The van der Waals surface area contributed by atoms with Gasteiger partial charge in [0.15, 0.2) is 11.6 Å². The van der Waals surface area contributed by atoms with E-state index < -0.39 is 15.8 Å². The van der Waals surface area contributed by atoms with Crippen molar-refractivity contribution in [3.05, 3.63) is 12.0 Å². The Balaban J connectivity index is 2.66. The molecule has 1 aromatic heterocycles. The van der Waals surface area contributed by atoms with Crippen molar-refractivity contribution < 1.29 is 12.8 Å². The van der Waals surface area contributed by atoms with E-state index in [9.17, 15) is 12.8 Å². The van der Waals surface area contributed by atoms with Crippen LogP contribution in [0.4, 0.5) is 16.2 Å². The summed E-state index contributed by atoms with van der Waals surface area (Å²) < 4.78 is 34.6. The zero-order valence-corrected chi connectivity index (χ0v) is 10.1. The highest BCUT2D eigenvalue weighted by molar-refractivity contribution is 7.89. The Kier molecular flexibility index (Phi) is 4.58. The fourth-order valence-electron chi connectivity index (χ4n) is 1.05. The van der Waals surface area contributed by atoms with Crippen LogP contribution >= 0.6 is 0 Å². The van der Waals surface area contributed by atoms with Crippen LogP contribution in [0.15, 0.2) is 6.20 Å². The summed E-state index contributed by atoms with van der Waals surface area (Å²) in [5.74, 6) is -0.736. The van der Waals surface area contributed by atoms with Gasteiger partial charge in [-0.1, -0.05) is 0 Å². The second kappa shape index (κ2) is 5.73. The van der Waals surface area contributed by atoms with Crippen molar-refractivity contribution >= 4 is 21.8 Å². The molecule has 0 aliphatic heterocycles. The number of hydrogen-bond donors (Lipinski definition) is 3. The van der Waals surface area contributed by atoms with E-state index >= 15 is 0 Å². The quantitative estimate of drug-likeness (QED) is 0.652. The van der Waals surface area contributed by atoms with Gasteiger partial charge in [-0.25, -0.2) is 22.9 Å². The average Bonchev–Trinajstić information content (AvgIpc) is 2.21. The molecule has 1 aromatic rings. The Morgan fingerprint density at radius 2 is 2.18 bits per heavy atom. The van der Waals surface area contributed by atoms with E-state index in [-0.39, 0.29) is 24.1 Å². The maximum absolute atomic E-state index is 13.2. The Labute approximate surface area is 98.7 Å². The van der Waals surface area contributed by atoms with E-state index in [1.807, 2.05) is 6.92 Å². The van der Waals surface area contributed by atoms with Crippen molar-refractivity contribution in [2.24, 2.45) is 5.14 Å². The molecular formula is C8H14FN5O2S. The van der Waals surface area contributed by atoms with E-state index in [4.69, 9.17) is 5.14 Å². The van der Waals surface area contributed by atoms with Gasteiger partial charge in [0.05, 0.1) is 11.9 Å². The highest BCUT2D eigenvalue weighted by Crippen LogP contribution is 2.11. The normalized spacial score (nSPS) is 11.2. The molecule has 0 saturated carbocycles. The largest absolute Gasteiger partial charge is 0.366 e. The van der Waals surface area contributed by atoms with Gasteiger partial charge >= 0.3 is 0 Å². The van der Waals surface area contributed by atoms with Crippen LogP contribution in [0.3, 0.4) is 0 Å². The smallest absolute Gasteiger partial charge is 0.224 e. The molecule has 0 aliphatic carbocycles. The standard InChI is InChI=1S/C8H14FN5O2S/c1-2-11-8-13-5-6(9)7(14-8)12-3-4-17(10,15)16/h5H,2-4H2,1H3,(H2,10,15,16)(H2,11,12,13,14). The van der Waals surface area contributed by atoms with Gasteiger partial charge in [-0.15, -0.1) is 0 Å². The second-order valence-corrected chi connectivity index (χ2v) is 4.95. The van der Waals surface area contributed by atoms with E-state index in [1.165, 1.54) is 0 Å². The Morgan fingerprint density at radius 1 is 1.47 bits per heavy atom. The van der Waals surface area contributed by atoms with Crippen molar-refractivity contribution in [2.75, 3.05) is 29.5 Å². The van der Waals surface area contributed by atoms with Gasteiger partial charge in [-0.3, -0.25) is 0 Å². The second-order valence-electron chi connectivity index (χ2n) is 3.21. The lowest BCUT2D eigenvalue weighted by Gasteiger charge is -2.07. The summed E-state index contributed by atoms with van der Waals surface area (Å²) in [5, 5.41) is 10.2. The first kappa shape index (κ1) is 13.6. The zero-order chi connectivity index (χ0) is 12.9. The fraction of sp³-hybridized carbons (Fsp3) is 0.500. The molecule has 17 heavy (non-hydrogen) atoms. The summed E-state index contributed by atoms with van der Waals surface area (Å²) in [5.41, 5.74) is 0. The van der Waals surface area contributed by atoms with Gasteiger partial charge in [-0.05, 0) is 6.92 Å². The lowest BCUT2D eigenvalue weighted by molar-refractivity contribution is 0.597. The van der Waals surface area contributed by atoms with Gasteiger partial charge in [0.2, 0.25) is 16.0 Å². The summed E-state index contributed by atoms with van der Waals surface area (Å²) in [6.07, 6.45) is 1.00. The molecule has 9 heteroatoms. The number of anilines is 2. The van der Waals surface area contributed by atoms with Crippen molar-refractivity contribution in [3.63, 3.8) is 0 Å². The molecule has 0 atom stereocenters. The summed E-state index contributed by atoms with van der Waals surface area (Å²) in [6, 6.07) is 0. The molecule has 0 fully saturated rings. The molecule has 0 radical (unpaired) electrons. The van der Waals surface area contributed by atoms with Crippen LogP contribution in [-0.2, 0) is 10.0 Å². The first-order chi connectivity index (χ1) is 7.92. The number of halogens is 1. The van der Waals surface area contributed by atoms with E-state index in [2.05, 4.69) is 20.6 Å². The number of rotatable bonds is 6. The van der Waals surface area contributed by atoms with Crippen LogP contribution in [0.25, 0.3) is 0 Å². The molecule has 0 bridgehead atoms. The molecule has 7 nitrogen and oxygen atoms in total. The van der Waals surface area contributed by atoms with Gasteiger partial charge in [0.25, 0.3) is 0 Å². The summed E-state index contributed by atoms with van der Waals surface area (Å²) in [7, 11) is -3.57. The van der Waals surface area contributed by atoms with Crippen LogP contribution in [-0.4, -0.2) is 37.2 Å². The third-order valence-corrected chi connectivity index (χ3v) is 2.53. The summed E-state index contributed by atoms with van der Waals surface area (Å²) >= 11 is 0. The maximum atomic E-state index is 13.2. The van der Waals surface area contributed by atoms with Crippen LogP contribution in [0, 0.1) is 5.82 Å². The topological polar surface area (TPSA) is 110 Å². The molecule has 4 N–H and O–H groups in total. The van der Waals surface area contributed by atoms with Crippen LogP contribution < -0.4 is 15.8 Å². The summed E-state index contributed by atoms with van der Waals surface area (Å²) in [6.45, 7) is 2.43. The molecule has 0 unspecified atom stereocenters. The molecule has 0 spiro atoms. The van der Waals surface area contributed by atoms with Gasteiger partial charge in [0.1, 0.15) is 0 Å². The number of hydrogen-bond acceptors (Lipinski definition) is 6. The Bertz CT molecular complexity index is 479. The Hall–Kier alpha value is -1.48. The van der Waals surface area contributed by atoms with E-state index in [0.717, 1.165) is 6.20 Å². The predicted octanol–water partition coefficient (Wildman–Crippen LogP) is -0.252. The van der Waals surface area contributed by atoms with Gasteiger partial charge in [-0.2, -0.15) is 4.98 Å². The van der Waals surface area contributed by atoms with Crippen LogP contribution in [0.5, 0.6) is 0 Å². The highest BCUT2D eigenvalue weighted by atomic mass is 32.2. The number of sulfonamides is 1. The van der Waals surface area contributed by atoms with E-state index in [1.54, 1.807) is 0 Å². The first-order valence-corrected chi connectivity index (χ1v) is 6.64. The van der Waals surface area contributed by atoms with Crippen molar-refractivity contribution in [3.8, 4) is 0 Å². The zero-order valence-electron chi connectivity index (χ0n) is 9.27. The van der Waals surface area contributed by atoms with Crippen molar-refractivity contribution in [1.82, 2.24) is 9.97 Å².